The van der Waals surface area contributed by atoms with E-state index in [0.717, 1.165) is 0 Å². The first-order chi connectivity index (χ1) is 4.70. The van der Waals surface area contributed by atoms with Crippen LogP contribution in [0.15, 0.2) is 36.1 Å². The maximum absolute atomic E-state index is 8.31. The Balaban J connectivity index is 4.21. The maximum Gasteiger partial charge on any atom is 0.0944 e. The van der Waals surface area contributed by atoms with Gasteiger partial charge < -0.3 is 5.73 Å². The third-order valence-corrected chi connectivity index (χ3v) is 0.938. The Hall–Kier alpha value is -1.49. The summed E-state index contributed by atoms with van der Waals surface area (Å²) < 4.78 is 0. The van der Waals surface area contributed by atoms with Crippen molar-refractivity contribution in [3.8, 4) is 6.07 Å². The first-order valence-corrected chi connectivity index (χ1v) is 2.87. The van der Waals surface area contributed by atoms with Crippen molar-refractivity contribution in [1.82, 2.24) is 0 Å². The fourth-order valence-electron chi connectivity index (χ4n) is 0.327. The zero-order valence-electron chi connectivity index (χ0n) is 5.96. The van der Waals surface area contributed by atoms with Crippen molar-refractivity contribution >= 4 is 0 Å². The van der Waals surface area contributed by atoms with Crippen LogP contribution in [0.4, 0.5) is 0 Å². The summed E-state index contributed by atoms with van der Waals surface area (Å²) in [6, 6.07) is 1.97. The van der Waals surface area contributed by atoms with Gasteiger partial charge in [0.1, 0.15) is 0 Å². The van der Waals surface area contributed by atoms with Crippen LogP contribution in [-0.2, 0) is 0 Å². The highest BCUT2D eigenvalue weighted by atomic mass is 14.5. The average Bonchev–Trinajstić information content (AvgIpc) is 1.99. The number of nitrogens with two attached hydrogens (primary N) is 1. The summed E-state index contributed by atoms with van der Waals surface area (Å²) in [5, 5.41) is 8.31. The number of hydrogen-bond donors (Lipinski definition) is 1. The van der Waals surface area contributed by atoms with Crippen molar-refractivity contribution in [2.24, 2.45) is 5.73 Å². The van der Waals surface area contributed by atoms with Gasteiger partial charge in [-0.1, -0.05) is 6.58 Å². The van der Waals surface area contributed by atoms with Crippen LogP contribution >= 0.6 is 0 Å². The molecular formula is C8H10N2. The van der Waals surface area contributed by atoms with Gasteiger partial charge in [-0.3, -0.25) is 0 Å². The van der Waals surface area contributed by atoms with Gasteiger partial charge in [-0.15, -0.1) is 0 Å². The third-order valence-electron chi connectivity index (χ3n) is 0.938. The second-order valence-corrected chi connectivity index (χ2v) is 1.83. The summed E-state index contributed by atoms with van der Waals surface area (Å²) in [6.07, 6.45) is 4.82. The normalized spacial score (nSPS) is 12.4. The second kappa shape index (κ2) is 4.39. The molecule has 0 atom stereocenters. The molecule has 0 saturated heterocycles. The molecule has 0 rings (SSSR count). The Labute approximate surface area is 61.0 Å². The standard InChI is InChI=1S/C8H10N2/c1-3-8(10)5-4-7(2)6-9/h3-5H,1,10H2,2H3/b7-4+,8-5+. The molecule has 0 aromatic rings. The summed E-state index contributed by atoms with van der Waals surface area (Å²) in [5.74, 6) is 0. The van der Waals surface area contributed by atoms with Crippen LogP contribution in [0, 0.1) is 11.3 Å². The Kier molecular flexibility index (Phi) is 3.74. The van der Waals surface area contributed by atoms with Crippen LogP contribution in [0.5, 0.6) is 0 Å². The van der Waals surface area contributed by atoms with Crippen molar-refractivity contribution in [3.63, 3.8) is 0 Å². The summed E-state index contributed by atoms with van der Waals surface area (Å²) >= 11 is 0. The first-order valence-electron chi connectivity index (χ1n) is 2.87. The van der Waals surface area contributed by atoms with E-state index in [9.17, 15) is 0 Å². The zero-order chi connectivity index (χ0) is 7.98. The molecule has 0 amide bonds. The lowest BCUT2D eigenvalue weighted by molar-refractivity contribution is 1.40. The van der Waals surface area contributed by atoms with E-state index in [2.05, 4.69) is 6.58 Å². The fourth-order valence-corrected chi connectivity index (χ4v) is 0.327. The second-order valence-electron chi connectivity index (χ2n) is 1.83. The number of allylic oxidation sites excluding steroid dienone is 4. The Bertz CT molecular complexity index is 216. The summed E-state index contributed by atoms with van der Waals surface area (Å²) in [5.41, 5.74) is 6.56. The monoisotopic (exact) mass is 134 g/mol. The molecule has 0 spiro atoms. The van der Waals surface area contributed by atoms with Crippen molar-refractivity contribution in [2.75, 3.05) is 0 Å². The quantitative estimate of drug-likeness (QED) is 0.459. The lowest BCUT2D eigenvalue weighted by Gasteiger charge is -1.85. The highest BCUT2D eigenvalue weighted by molar-refractivity contribution is 5.27. The molecule has 2 nitrogen and oxygen atoms in total. The van der Waals surface area contributed by atoms with Crippen LogP contribution in [0.1, 0.15) is 6.92 Å². The molecule has 52 valence electrons. The predicted octanol–water partition coefficient (Wildman–Crippen LogP) is 1.48. The molecular weight excluding hydrogens is 124 g/mol. The van der Waals surface area contributed by atoms with Gasteiger partial charge in [0.15, 0.2) is 0 Å². The van der Waals surface area contributed by atoms with Gasteiger partial charge in [-0.2, -0.15) is 5.26 Å². The van der Waals surface area contributed by atoms with E-state index < -0.39 is 0 Å². The number of rotatable bonds is 2. The van der Waals surface area contributed by atoms with Gasteiger partial charge in [-0.05, 0) is 25.2 Å². The van der Waals surface area contributed by atoms with Crippen molar-refractivity contribution < 1.29 is 0 Å². The first kappa shape index (κ1) is 8.51. The predicted molar refractivity (Wildman–Crippen MR) is 41.8 cm³/mol. The van der Waals surface area contributed by atoms with Crippen LogP contribution in [-0.4, -0.2) is 0 Å². The summed E-state index contributed by atoms with van der Waals surface area (Å²) in [6.45, 7) is 5.17. The lowest BCUT2D eigenvalue weighted by Crippen LogP contribution is -1.89. The van der Waals surface area contributed by atoms with Crippen molar-refractivity contribution in [2.45, 2.75) is 6.92 Å². The van der Waals surface area contributed by atoms with Crippen LogP contribution in [0.25, 0.3) is 0 Å². The molecule has 0 aliphatic rings. The minimum Gasteiger partial charge on any atom is -0.399 e. The molecule has 2 N–H and O–H groups in total. The SMILES string of the molecule is C=C/C(N)=C\C=C(/C)C#N. The topological polar surface area (TPSA) is 49.8 Å². The fraction of sp³-hybridized carbons (Fsp3) is 0.125. The number of hydrogen-bond acceptors (Lipinski definition) is 2. The van der Waals surface area contributed by atoms with Crippen LogP contribution in [0.3, 0.4) is 0 Å². The molecule has 0 heterocycles. The summed E-state index contributed by atoms with van der Waals surface area (Å²) in [4.78, 5) is 0. The molecule has 0 aliphatic carbocycles. The maximum atomic E-state index is 8.31. The van der Waals surface area contributed by atoms with E-state index in [-0.39, 0.29) is 0 Å². The molecule has 10 heavy (non-hydrogen) atoms. The minimum absolute atomic E-state index is 0.564. The molecule has 0 radical (unpaired) electrons. The smallest absolute Gasteiger partial charge is 0.0944 e. The van der Waals surface area contributed by atoms with E-state index >= 15 is 0 Å². The number of nitriles is 1. The number of nitrogens with zero attached hydrogens (tertiary/aromatic N) is 1. The highest BCUT2D eigenvalue weighted by Gasteiger charge is 1.79. The van der Waals surface area contributed by atoms with Gasteiger partial charge in [0.25, 0.3) is 0 Å². The third kappa shape index (κ3) is 3.50. The van der Waals surface area contributed by atoms with E-state index in [4.69, 9.17) is 11.0 Å². The van der Waals surface area contributed by atoms with E-state index in [1.165, 1.54) is 6.08 Å². The molecule has 0 fully saturated rings. The Morgan fingerprint density at radius 2 is 2.20 bits per heavy atom. The van der Waals surface area contributed by atoms with Crippen molar-refractivity contribution in [1.29, 1.82) is 5.26 Å². The van der Waals surface area contributed by atoms with Gasteiger partial charge >= 0.3 is 0 Å². The molecule has 0 aliphatic heterocycles. The lowest BCUT2D eigenvalue weighted by atomic mass is 10.3. The molecule has 0 aromatic heterocycles. The Morgan fingerprint density at radius 1 is 1.60 bits per heavy atom. The molecule has 0 aromatic carbocycles. The summed E-state index contributed by atoms with van der Waals surface area (Å²) in [7, 11) is 0. The van der Waals surface area contributed by atoms with Gasteiger partial charge in [-0.25, -0.2) is 0 Å². The van der Waals surface area contributed by atoms with Gasteiger partial charge in [0.2, 0.25) is 0 Å². The van der Waals surface area contributed by atoms with E-state index in [0.29, 0.717) is 11.3 Å². The van der Waals surface area contributed by atoms with Crippen LogP contribution < -0.4 is 5.73 Å². The molecule has 0 unspecified atom stereocenters. The Morgan fingerprint density at radius 3 is 2.60 bits per heavy atom. The zero-order valence-corrected chi connectivity index (χ0v) is 5.96. The highest BCUT2D eigenvalue weighted by Crippen LogP contribution is 1.91. The largest absolute Gasteiger partial charge is 0.399 e. The average molecular weight is 134 g/mol. The van der Waals surface area contributed by atoms with Gasteiger partial charge in [0, 0.05) is 11.3 Å². The molecule has 2 heteroatoms. The minimum atomic E-state index is 0.564. The molecule has 0 saturated carbocycles. The van der Waals surface area contributed by atoms with Gasteiger partial charge in [0.05, 0.1) is 6.07 Å². The van der Waals surface area contributed by atoms with Crippen LogP contribution in [0.2, 0.25) is 0 Å². The van der Waals surface area contributed by atoms with E-state index in [1.54, 1.807) is 19.1 Å². The van der Waals surface area contributed by atoms with E-state index in [1.807, 2.05) is 6.07 Å². The molecule has 0 bridgehead atoms. The van der Waals surface area contributed by atoms with Crippen molar-refractivity contribution in [3.05, 3.63) is 36.1 Å².